The third kappa shape index (κ3) is 3.04. The van der Waals surface area contributed by atoms with E-state index in [2.05, 4.69) is 20.6 Å². The number of rotatable bonds is 5. The summed E-state index contributed by atoms with van der Waals surface area (Å²) in [7, 11) is 0. The van der Waals surface area contributed by atoms with Crippen molar-refractivity contribution in [2.24, 2.45) is 0 Å². The first-order valence-electron chi connectivity index (χ1n) is 6.78. The number of imide groups is 1. The number of aromatic amines is 1. The third-order valence-corrected chi connectivity index (χ3v) is 3.34. The molecule has 1 aliphatic rings. The minimum absolute atomic E-state index is 0.277. The number of hydrogen-bond acceptors (Lipinski definition) is 4. The molecular weight excluding hydrogens is 274 g/mol. The second kappa shape index (κ2) is 5.55. The Morgan fingerprint density at radius 3 is 2.67 bits per heavy atom. The van der Waals surface area contributed by atoms with Crippen LogP contribution in [-0.4, -0.2) is 44.8 Å². The molecule has 3 N–H and O–H groups in total. The largest absolute Gasteiger partial charge is 0.347 e. The fourth-order valence-electron chi connectivity index (χ4n) is 2.18. The van der Waals surface area contributed by atoms with Gasteiger partial charge in [0.05, 0.1) is 6.04 Å². The van der Waals surface area contributed by atoms with Crippen LogP contribution in [0.15, 0.2) is 12.4 Å². The van der Waals surface area contributed by atoms with Crippen LogP contribution in [0.3, 0.4) is 0 Å². The predicted octanol–water partition coefficient (Wildman–Crippen LogP) is 0.307. The Hall–Kier alpha value is -2.38. The number of aromatic nitrogens is 2. The minimum atomic E-state index is -0.970. The Balaban J connectivity index is 1.99. The van der Waals surface area contributed by atoms with Gasteiger partial charge in [0.15, 0.2) is 0 Å². The Kier molecular flexibility index (Phi) is 3.97. The lowest BCUT2D eigenvalue weighted by Crippen LogP contribution is -2.43. The highest BCUT2D eigenvalue weighted by atomic mass is 16.2. The van der Waals surface area contributed by atoms with Crippen molar-refractivity contribution in [2.45, 2.75) is 38.8 Å². The van der Waals surface area contributed by atoms with E-state index in [9.17, 15) is 14.4 Å². The molecule has 0 spiro atoms. The lowest BCUT2D eigenvalue weighted by Gasteiger charge is -2.18. The summed E-state index contributed by atoms with van der Waals surface area (Å²) < 4.78 is 0. The lowest BCUT2D eigenvalue weighted by molar-refractivity contribution is -0.134. The molecule has 8 nitrogen and oxygen atoms in total. The molecule has 1 aliphatic heterocycles. The van der Waals surface area contributed by atoms with Gasteiger partial charge in [-0.15, -0.1) is 0 Å². The van der Waals surface area contributed by atoms with Gasteiger partial charge in [0.25, 0.3) is 5.91 Å². The summed E-state index contributed by atoms with van der Waals surface area (Å²) in [6.45, 7) is 4.81. The molecule has 1 saturated heterocycles. The zero-order valence-electron chi connectivity index (χ0n) is 12.3. The smallest absolute Gasteiger partial charge is 0.325 e. The molecule has 1 aromatic heterocycles. The maximum Gasteiger partial charge on any atom is 0.325 e. The average Bonchev–Trinajstić information content (AvgIpc) is 2.99. The van der Waals surface area contributed by atoms with Gasteiger partial charge in [-0.3, -0.25) is 14.5 Å². The van der Waals surface area contributed by atoms with Gasteiger partial charge >= 0.3 is 6.03 Å². The fraction of sp³-hybridized carbons (Fsp3) is 0.538. The highest BCUT2D eigenvalue weighted by Gasteiger charge is 2.44. The summed E-state index contributed by atoms with van der Waals surface area (Å²) >= 11 is 0. The van der Waals surface area contributed by atoms with Crippen molar-refractivity contribution in [3.8, 4) is 0 Å². The van der Waals surface area contributed by atoms with Gasteiger partial charge in [-0.1, -0.05) is 6.92 Å². The molecule has 1 atom stereocenters. The normalized spacial score (nSPS) is 18.5. The van der Waals surface area contributed by atoms with Crippen LogP contribution in [0, 0.1) is 0 Å². The summed E-state index contributed by atoms with van der Waals surface area (Å²) in [4.78, 5) is 43.7. The summed E-state index contributed by atoms with van der Waals surface area (Å²) in [5.41, 5.74) is -0.970. The molecule has 0 saturated carbocycles. The standard InChI is InChI=1S/C13H19N5O3/c1-4-8(10-14-5-6-15-10)16-9(19)7-18-11(20)13(2,3)17-12(18)21/h5-6,8H,4,7H2,1-3H3,(H,14,15)(H,16,19)(H,17,21). The number of nitrogens with zero attached hydrogens (tertiary/aromatic N) is 2. The van der Waals surface area contributed by atoms with Crippen molar-refractivity contribution in [1.29, 1.82) is 0 Å². The van der Waals surface area contributed by atoms with E-state index in [1.807, 2.05) is 6.92 Å². The van der Waals surface area contributed by atoms with Gasteiger partial charge < -0.3 is 15.6 Å². The molecule has 1 fully saturated rings. The summed E-state index contributed by atoms with van der Waals surface area (Å²) in [5, 5.41) is 5.29. The topological polar surface area (TPSA) is 107 Å². The number of nitrogens with one attached hydrogen (secondary N) is 3. The first-order valence-corrected chi connectivity index (χ1v) is 6.78. The van der Waals surface area contributed by atoms with Crippen LogP contribution in [0.25, 0.3) is 0 Å². The van der Waals surface area contributed by atoms with Crippen molar-refractivity contribution in [3.05, 3.63) is 18.2 Å². The molecule has 8 heteroatoms. The van der Waals surface area contributed by atoms with Gasteiger partial charge in [0.1, 0.15) is 17.9 Å². The van der Waals surface area contributed by atoms with Crippen LogP contribution in [-0.2, 0) is 9.59 Å². The predicted molar refractivity (Wildman–Crippen MR) is 74.1 cm³/mol. The summed E-state index contributed by atoms with van der Waals surface area (Å²) in [6.07, 6.45) is 3.92. The number of urea groups is 1. The number of imidazole rings is 1. The molecule has 1 aromatic rings. The van der Waals surface area contributed by atoms with Gasteiger partial charge in [0, 0.05) is 12.4 Å². The highest BCUT2D eigenvalue weighted by Crippen LogP contribution is 2.16. The highest BCUT2D eigenvalue weighted by molar-refractivity contribution is 6.08. The summed E-state index contributed by atoms with van der Waals surface area (Å²) in [5.74, 6) is -0.170. The molecule has 114 valence electrons. The monoisotopic (exact) mass is 293 g/mol. The molecule has 0 bridgehead atoms. The zero-order chi connectivity index (χ0) is 15.6. The third-order valence-electron chi connectivity index (χ3n) is 3.34. The number of hydrogen-bond donors (Lipinski definition) is 3. The van der Waals surface area contributed by atoms with Gasteiger partial charge in [-0.2, -0.15) is 0 Å². The van der Waals surface area contributed by atoms with Crippen LogP contribution >= 0.6 is 0 Å². The Morgan fingerprint density at radius 1 is 1.48 bits per heavy atom. The SMILES string of the molecule is CCC(NC(=O)CN1C(=O)NC(C)(C)C1=O)c1ncc[nH]1. The van der Waals surface area contributed by atoms with E-state index in [4.69, 9.17) is 0 Å². The molecule has 0 radical (unpaired) electrons. The summed E-state index contributed by atoms with van der Waals surface area (Å²) in [6, 6.07) is -0.826. The molecular formula is C13H19N5O3. The average molecular weight is 293 g/mol. The molecule has 1 unspecified atom stereocenters. The maximum atomic E-state index is 12.0. The van der Waals surface area contributed by atoms with E-state index in [1.54, 1.807) is 26.2 Å². The van der Waals surface area contributed by atoms with Crippen molar-refractivity contribution in [3.63, 3.8) is 0 Å². The van der Waals surface area contributed by atoms with E-state index >= 15 is 0 Å². The van der Waals surface area contributed by atoms with Gasteiger partial charge in [-0.25, -0.2) is 9.78 Å². The van der Waals surface area contributed by atoms with Crippen molar-refractivity contribution < 1.29 is 14.4 Å². The Bertz CT molecular complexity index is 552. The van der Waals surface area contributed by atoms with Crippen LogP contribution in [0.2, 0.25) is 0 Å². The van der Waals surface area contributed by atoms with Crippen LogP contribution in [0.4, 0.5) is 4.79 Å². The van der Waals surface area contributed by atoms with Crippen molar-refractivity contribution in [1.82, 2.24) is 25.5 Å². The van der Waals surface area contributed by atoms with Gasteiger partial charge in [0.2, 0.25) is 5.91 Å². The Morgan fingerprint density at radius 2 is 2.19 bits per heavy atom. The number of H-pyrrole nitrogens is 1. The first kappa shape index (κ1) is 15.0. The van der Waals surface area contributed by atoms with Crippen LogP contribution in [0.1, 0.15) is 39.1 Å². The molecule has 2 rings (SSSR count). The first-order chi connectivity index (χ1) is 9.85. The number of carbonyl (C=O) groups excluding carboxylic acids is 3. The number of carbonyl (C=O) groups is 3. The second-order valence-corrected chi connectivity index (χ2v) is 5.45. The zero-order valence-corrected chi connectivity index (χ0v) is 12.3. The molecule has 0 aliphatic carbocycles. The van der Waals surface area contributed by atoms with Gasteiger partial charge in [-0.05, 0) is 20.3 Å². The van der Waals surface area contributed by atoms with E-state index in [0.29, 0.717) is 12.2 Å². The molecule has 4 amide bonds. The van der Waals surface area contributed by atoms with Crippen molar-refractivity contribution >= 4 is 17.8 Å². The van der Waals surface area contributed by atoms with E-state index in [-0.39, 0.29) is 12.6 Å². The van der Waals surface area contributed by atoms with E-state index in [1.165, 1.54) is 0 Å². The van der Waals surface area contributed by atoms with Crippen LogP contribution in [0.5, 0.6) is 0 Å². The fourth-order valence-corrected chi connectivity index (χ4v) is 2.18. The van der Waals surface area contributed by atoms with E-state index < -0.39 is 23.4 Å². The van der Waals surface area contributed by atoms with E-state index in [0.717, 1.165) is 4.90 Å². The van der Waals surface area contributed by atoms with Crippen LogP contribution < -0.4 is 10.6 Å². The number of amides is 4. The van der Waals surface area contributed by atoms with Crippen molar-refractivity contribution in [2.75, 3.05) is 6.54 Å². The minimum Gasteiger partial charge on any atom is -0.347 e. The maximum absolute atomic E-state index is 12.0. The quantitative estimate of drug-likeness (QED) is 0.679. The molecule has 21 heavy (non-hydrogen) atoms. The second-order valence-electron chi connectivity index (χ2n) is 5.45. The lowest BCUT2D eigenvalue weighted by atomic mass is 10.1. The Labute approximate surface area is 122 Å². The molecule has 2 heterocycles. The molecule has 0 aromatic carbocycles.